The van der Waals surface area contributed by atoms with E-state index in [1.807, 2.05) is 19.1 Å². The van der Waals surface area contributed by atoms with Crippen LogP contribution in [0.5, 0.6) is 0 Å². The van der Waals surface area contributed by atoms with Crippen LogP contribution in [-0.4, -0.2) is 25.0 Å². The molecule has 2 unspecified atom stereocenters. The monoisotopic (exact) mass is 352 g/mol. The van der Waals surface area contributed by atoms with Crippen LogP contribution in [0.25, 0.3) is 0 Å². The van der Waals surface area contributed by atoms with E-state index in [-0.39, 0.29) is 35.7 Å². The largest absolute Gasteiger partial charge is 0.351 e. The van der Waals surface area contributed by atoms with Crippen molar-refractivity contribution in [2.24, 2.45) is 17.1 Å². The first-order chi connectivity index (χ1) is 11.0. The Balaban J connectivity index is 0.00000208. The maximum absolute atomic E-state index is 12.5. The second-order valence-corrected chi connectivity index (χ2v) is 6.71. The molecule has 132 valence electrons. The average Bonchev–Trinajstić information content (AvgIpc) is 3.21. The van der Waals surface area contributed by atoms with Crippen LogP contribution in [0.2, 0.25) is 0 Å². The molecule has 1 spiro atoms. The number of urea groups is 1. The van der Waals surface area contributed by atoms with E-state index in [1.165, 1.54) is 0 Å². The number of nitrogens with two attached hydrogens (primary N) is 1. The Hall–Kier alpha value is -1.79. The van der Waals surface area contributed by atoms with Gasteiger partial charge in [-0.2, -0.15) is 0 Å². The zero-order chi connectivity index (χ0) is 16.4. The number of hydrogen-bond donors (Lipinski definition) is 4. The molecule has 0 radical (unpaired) electrons. The van der Waals surface area contributed by atoms with Crippen molar-refractivity contribution >= 4 is 30.0 Å². The second-order valence-electron chi connectivity index (χ2n) is 6.71. The maximum atomic E-state index is 12.5. The number of rotatable bonds is 4. The smallest absolute Gasteiger partial charge is 0.316 e. The summed E-state index contributed by atoms with van der Waals surface area (Å²) in [6.07, 6.45) is 3.23. The summed E-state index contributed by atoms with van der Waals surface area (Å²) >= 11 is 0. The van der Waals surface area contributed by atoms with Crippen LogP contribution in [0.1, 0.15) is 37.8 Å². The quantitative estimate of drug-likeness (QED) is 0.668. The van der Waals surface area contributed by atoms with E-state index in [0.717, 1.165) is 37.9 Å². The van der Waals surface area contributed by atoms with Crippen LogP contribution < -0.4 is 21.7 Å². The summed E-state index contributed by atoms with van der Waals surface area (Å²) in [5.74, 6) is 0.335. The van der Waals surface area contributed by atoms with Crippen molar-refractivity contribution in [2.45, 2.75) is 32.2 Å². The fourth-order valence-corrected chi connectivity index (χ4v) is 3.59. The molecule has 24 heavy (non-hydrogen) atoms. The standard InChI is InChI=1S/C17H24N4O2.ClH/c1-11(12-2-4-13(5-3-12)21-16(18)23)20-15(22)14-10-17(14)6-8-19-9-7-17;/h2-5,11,14,19H,6-10H2,1H3,(H,20,22)(H3,18,21,23);1H. The number of amides is 3. The number of hydrogen-bond acceptors (Lipinski definition) is 3. The van der Waals surface area contributed by atoms with Gasteiger partial charge in [0.05, 0.1) is 6.04 Å². The van der Waals surface area contributed by atoms with Gasteiger partial charge in [-0.15, -0.1) is 12.4 Å². The number of nitrogens with one attached hydrogen (secondary N) is 3. The lowest BCUT2D eigenvalue weighted by Crippen LogP contribution is -2.34. The van der Waals surface area contributed by atoms with E-state index in [4.69, 9.17) is 5.73 Å². The van der Waals surface area contributed by atoms with Crippen molar-refractivity contribution in [3.8, 4) is 0 Å². The van der Waals surface area contributed by atoms with Gasteiger partial charge in [0.2, 0.25) is 5.91 Å². The molecule has 1 saturated heterocycles. The lowest BCUT2D eigenvalue weighted by Gasteiger charge is -2.24. The van der Waals surface area contributed by atoms with Crippen molar-refractivity contribution in [3.63, 3.8) is 0 Å². The van der Waals surface area contributed by atoms with Crippen LogP contribution in [0.3, 0.4) is 0 Å². The fourth-order valence-electron chi connectivity index (χ4n) is 3.59. The molecule has 3 amide bonds. The number of primary amides is 1. The topological polar surface area (TPSA) is 96.2 Å². The Labute approximate surface area is 148 Å². The van der Waals surface area contributed by atoms with Gasteiger partial charge in [-0.1, -0.05) is 12.1 Å². The van der Waals surface area contributed by atoms with Gasteiger partial charge in [0.25, 0.3) is 0 Å². The molecule has 1 aromatic carbocycles. The molecule has 3 rings (SSSR count). The number of halogens is 1. The maximum Gasteiger partial charge on any atom is 0.316 e. The third-order valence-corrected chi connectivity index (χ3v) is 5.14. The highest BCUT2D eigenvalue weighted by molar-refractivity contribution is 5.87. The Morgan fingerprint density at radius 3 is 2.46 bits per heavy atom. The molecular weight excluding hydrogens is 328 g/mol. The van der Waals surface area contributed by atoms with E-state index < -0.39 is 6.03 Å². The van der Waals surface area contributed by atoms with Crippen molar-refractivity contribution in [1.82, 2.24) is 10.6 Å². The summed E-state index contributed by atoms with van der Waals surface area (Å²) in [5, 5.41) is 9.00. The SMILES string of the molecule is CC(NC(=O)C1CC12CCNCC2)c1ccc(NC(N)=O)cc1.Cl. The highest BCUT2D eigenvalue weighted by atomic mass is 35.5. The number of carbonyl (C=O) groups excluding carboxylic acids is 2. The zero-order valence-corrected chi connectivity index (χ0v) is 14.6. The Bertz CT molecular complexity index is 599. The summed E-state index contributed by atoms with van der Waals surface area (Å²) < 4.78 is 0. The van der Waals surface area contributed by atoms with Crippen LogP contribution in [0.4, 0.5) is 10.5 Å². The molecule has 6 nitrogen and oxygen atoms in total. The van der Waals surface area contributed by atoms with Crippen LogP contribution in [-0.2, 0) is 4.79 Å². The van der Waals surface area contributed by atoms with E-state index >= 15 is 0 Å². The predicted molar refractivity (Wildman–Crippen MR) is 96.1 cm³/mol. The third kappa shape index (κ3) is 3.99. The molecule has 1 aliphatic heterocycles. The van der Waals surface area contributed by atoms with Gasteiger partial charge < -0.3 is 21.7 Å². The molecule has 0 bridgehead atoms. The summed E-state index contributed by atoms with van der Waals surface area (Å²) in [4.78, 5) is 23.3. The van der Waals surface area contributed by atoms with Gasteiger partial charge in [0.15, 0.2) is 0 Å². The minimum atomic E-state index is -0.583. The molecule has 7 heteroatoms. The van der Waals surface area contributed by atoms with E-state index in [1.54, 1.807) is 12.1 Å². The minimum absolute atomic E-state index is 0. The molecule has 2 aliphatic rings. The van der Waals surface area contributed by atoms with E-state index in [9.17, 15) is 9.59 Å². The Kier molecular flexibility index (Phi) is 5.72. The third-order valence-electron chi connectivity index (χ3n) is 5.14. The van der Waals surface area contributed by atoms with Crippen molar-refractivity contribution < 1.29 is 9.59 Å². The Morgan fingerprint density at radius 2 is 1.88 bits per heavy atom. The van der Waals surface area contributed by atoms with Gasteiger partial charge in [-0.25, -0.2) is 4.79 Å². The molecule has 1 heterocycles. The Morgan fingerprint density at radius 1 is 1.25 bits per heavy atom. The highest BCUT2D eigenvalue weighted by Gasteiger charge is 2.57. The molecular formula is C17H25ClN4O2. The van der Waals surface area contributed by atoms with E-state index in [2.05, 4.69) is 16.0 Å². The van der Waals surface area contributed by atoms with Gasteiger partial charge in [0, 0.05) is 11.6 Å². The van der Waals surface area contributed by atoms with Gasteiger partial charge in [-0.3, -0.25) is 4.79 Å². The molecule has 0 aromatic heterocycles. The first-order valence-electron chi connectivity index (χ1n) is 8.18. The van der Waals surface area contributed by atoms with Gasteiger partial charge in [-0.05, 0) is 62.4 Å². The molecule has 2 fully saturated rings. The van der Waals surface area contributed by atoms with Crippen LogP contribution in [0.15, 0.2) is 24.3 Å². The molecule has 1 saturated carbocycles. The predicted octanol–water partition coefficient (Wildman–Crippen LogP) is 2.17. The average molecular weight is 353 g/mol. The van der Waals surface area contributed by atoms with Gasteiger partial charge >= 0.3 is 6.03 Å². The van der Waals surface area contributed by atoms with Crippen LogP contribution in [0, 0.1) is 11.3 Å². The number of benzene rings is 1. The number of piperidine rings is 1. The molecule has 1 aromatic rings. The second kappa shape index (κ2) is 7.40. The molecule has 5 N–H and O–H groups in total. The summed E-state index contributed by atoms with van der Waals surface area (Å²) in [6, 6.07) is 6.72. The minimum Gasteiger partial charge on any atom is -0.351 e. The first-order valence-corrected chi connectivity index (χ1v) is 8.18. The fraction of sp³-hybridized carbons (Fsp3) is 0.529. The lowest BCUT2D eigenvalue weighted by molar-refractivity contribution is -0.123. The number of carbonyl (C=O) groups is 2. The van der Waals surface area contributed by atoms with Crippen molar-refractivity contribution in [1.29, 1.82) is 0 Å². The number of anilines is 1. The van der Waals surface area contributed by atoms with Crippen molar-refractivity contribution in [2.75, 3.05) is 18.4 Å². The molecule has 1 aliphatic carbocycles. The van der Waals surface area contributed by atoms with Crippen LogP contribution >= 0.6 is 12.4 Å². The van der Waals surface area contributed by atoms with Crippen molar-refractivity contribution in [3.05, 3.63) is 29.8 Å². The summed E-state index contributed by atoms with van der Waals surface area (Å²) in [5.41, 5.74) is 7.00. The van der Waals surface area contributed by atoms with E-state index in [0.29, 0.717) is 5.69 Å². The highest BCUT2D eigenvalue weighted by Crippen LogP contribution is 2.58. The normalized spacial score (nSPS) is 22.1. The summed E-state index contributed by atoms with van der Waals surface area (Å²) in [6.45, 7) is 4.02. The summed E-state index contributed by atoms with van der Waals surface area (Å²) in [7, 11) is 0. The zero-order valence-electron chi connectivity index (χ0n) is 13.8. The van der Waals surface area contributed by atoms with Gasteiger partial charge in [0.1, 0.15) is 0 Å². The lowest BCUT2D eigenvalue weighted by atomic mass is 9.91. The first kappa shape index (κ1) is 18.5. The molecule has 2 atom stereocenters.